The van der Waals surface area contributed by atoms with Gasteiger partial charge in [0.15, 0.2) is 0 Å². The van der Waals surface area contributed by atoms with Crippen molar-refractivity contribution in [1.82, 2.24) is 10.6 Å². The van der Waals surface area contributed by atoms with Crippen LogP contribution in [0, 0.1) is 0 Å². The van der Waals surface area contributed by atoms with Crippen LogP contribution in [0.1, 0.15) is 19.3 Å². The Balaban J connectivity index is 3.31. The molecule has 0 aromatic heterocycles. The molecule has 0 rings (SSSR count). The number of hydrogen-bond donors (Lipinski definition) is 3. The van der Waals surface area contributed by atoms with E-state index in [4.69, 9.17) is 5.11 Å². The summed E-state index contributed by atoms with van der Waals surface area (Å²) in [6, 6.07) is -0.272. The molecule has 15 heavy (non-hydrogen) atoms. The van der Waals surface area contributed by atoms with Crippen LogP contribution in [-0.2, 0) is 4.79 Å². The maximum atomic E-state index is 11.0. The van der Waals surface area contributed by atoms with Crippen molar-refractivity contribution in [2.75, 3.05) is 13.1 Å². The third-order valence-corrected chi connectivity index (χ3v) is 1.82. The van der Waals surface area contributed by atoms with Gasteiger partial charge in [-0.2, -0.15) is 0 Å². The summed E-state index contributed by atoms with van der Waals surface area (Å²) < 4.78 is 0.698. The largest absolute Gasteiger partial charge is 0.481 e. The highest BCUT2D eigenvalue weighted by atomic mass is 79.9. The van der Waals surface area contributed by atoms with Crippen LogP contribution in [0.5, 0.6) is 0 Å². The Morgan fingerprint density at radius 2 is 1.93 bits per heavy atom. The lowest BCUT2D eigenvalue weighted by atomic mass is 10.2. The molecular weight excluding hydrogens is 264 g/mol. The normalized spacial score (nSPS) is 9.40. The fraction of sp³-hybridized carbons (Fsp3) is 0.556. The molecule has 6 heteroatoms. The number of nitrogens with one attached hydrogen (secondary N) is 2. The number of urea groups is 1. The van der Waals surface area contributed by atoms with Crippen molar-refractivity contribution in [3.63, 3.8) is 0 Å². The zero-order chi connectivity index (χ0) is 11.7. The van der Waals surface area contributed by atoms with E-state index in [1.807, 2.05) is 0 Å². The molecule has 86 valence electrons. The monoisotopic (exact) mass is 278 g/mol. The van der Waals surface area contributed by atoms with Gasteiger partial charge >= 0.3 is 12.0 Å². The number of amides is 2. The molecule has 0 aromatic rings. The molecule has 0 saturated carbocycles. The molecule has 0 aliphatic heterocycles. The average molecular weight is 279 g/mol. The van der Waals surface area contributed by atoms with Crippen LogP contribution in [0.3, 0.4) is 0 Å². The molecule has 0 aromatic carbocycles. The number of aliphatic carboxylic acids is 1. The number of carboxylic acid groups (broad SMARTS) is 1. The summed E-state index contributed by atoms with van der Waals surface area (Å²) >= 11 is 3.11. The van der Waals surface area contributed by atoms with E-state index in [2.05, 4.69) is 33.1 Å². The van der Waals surface area contributed by atoms with Crippen LogP contribution in [-0.4, -0.2) is 30.2 Å². The Morgan fingerprint density at radius 3 is 2.47 bits per heavy atom. The Hall–Kier alpha value is -1.04. The third kappa shape index (κ3) is 10.9. The first-order chi connectivity index (χ1) is 7.02. The minimum atomic E-state index is -0.810. The zero-order valence-corrected chi connectivity index (χ0v) is 9.97. The van der Waals surface area contributed by atoms with Crippen LogP contribution in [0.15, 0.2) is 11.1 Å². The van der Waals surface area contributed by atoms with Gasteiger partial charge in [0, 0.05) is 17.4 Å². The number of unbranched alkanes of at least 4 members (excludes halogenated alkanes) is 1. The second-order valence-electron chi connectivity index (χ2n) is 2.98. The topological polar surface area (TPSA) is 78.4 Å². The number of carbonyl (C=O) groups excluding carboxylic acids is 1. The van der Waals surface area contributed by atoms with E-state index in [0.29, 0.717) is 30.4 Å². The molecule has 0 fully saturated rings. The fourth-order valence-corrected chi connectivity index (χ4v) is 0.982. The minimum absolute atomic E-state index is 0.140. The highest BCUT2D eigenvalue weighted by Crippen LogP contribution is 1.96. The molecular formula is C9H15BrN2O3. The van der Waals surface area contributed by atoms with Crippen molar-refractivity contribution < 1.29 is 14.7 Å². The molecule has 0 bridgehead atoms. The SMILES string of the molecule is C=C(Br)CNC(=O)NCCCCC(=O)O. The molecule has 0 saturated heterocycles. The molecule has 0 unspecified atom stereocenters. The molecule has 0 radical (unpaired) electrons. The summed E-state index contributed by atoms with van der Waals surface area (Å²) in [5, 5.41) is 13.5. The molecule has 0 aliphatic carbocycles. The summed E-state index contributed by atoms with van der Waals surface area (Å²) in [7, 11) is 0. The Kier molecular flexibility index (Phi) is 7.71. The smallest absolute Gasteiger partial charge is 0.315 e. The molecule has 0 aliphatic rings. The summed E-state index contributed by atoms with van der Waals surface area (Å²) in [4.78, 5) is 21.2. The summed E-state index contributed by atoms with van der Waals surface area (Å²) in [6.07, 6.45) is 1.37. The number of carboxylic acids is 1. The summed E-state index contributed by atoms with van der Waals surface area (Å²) in [6.45, 7) is 4.42. The third-order valence-electron chi connectivity index (χ3n) is 1.54. The van der Waals surface area contributed by atoms with Crippen LogP contribution >= 0.6 is 15.9 Å². The maximum Gasteiger partial charge on any atom is 0.315 e. The van der Waals surface area contributed by atoms with Crippen LogP contribution in [0.2, 0.25) is 0 Å². The van der Waals surface area contributed by atoms with Crippen LogP contribution < -0.4 is 10.6 Å². The van der Waals surface area contributed by atoms with Crippen LogP contribution in [0.4, 0.5) is 4.79 Å². The van der Waals surface area contributed by atoms with E-state index in [1.54, 1.807) is 0 Å². The lowest BCUT2D eigenvalue weighted by Gasteiger charge is -2.05. The highest BCUT2D eigenvalue weighted by molar-refractivity contribution is 9.11. The lowest BCUT2D eigenvalue weighted by Crippen LogP contribution is -2.36. The van der Waals surface area contributed by atoms with Crippen molar-refractivity contribution in [3.8, 4) is 0 Å². The first kappa shape index (κ1) is 14.0. The standard InChI is InChI=1S/C9H15BrN2O3/c1-7(10)6-12-9(15)11-5-3-2-4-8(13)14/h1-6H2,(H,13,14)(H2,11,12,15). The Bertz CT molecular complexity index is 244. The van der Waals surface area contributed by atoms with Crippen molar-refractivity contribution in [2.45, 2.75) is 19.3 Å². The van der Waals surface area contributed by atoms with E-state index in [9.17, 15) is 9.59 Å². The zero-order valence-electron chi connectivity index (χ0n) is 8.38. The van der Waals surface area contributed by atoms with E-state index in [1.165, 1.54) is 0 Å². The number of halogens is 1. The first-order valence-corrected chi connectivity index (χ1v) is 5.38. The maximum absolute atomic E-state index is 11.0. The highest BCUT2D eigenvalue weighted by Gasteiger charge is 2.00. The second-order valence-corrected chi connectivity index (χ2v) is 4.10. The number of rotatable bonds is 7. The van der Waals surface area contributed by atoms with E-state index in [0.717, 1.165) is 0 Å². The van der Waals surface area contributed by atoms with Crippen molar-refractivity contribution >= 4 is 27.9 Å². The van der Waals surface area contributed by atoms with Gasteiger partial charge in [0.05, 0.1) is 6.54 Å². The van der Waals surface area contributed by atoms with Gasteiger partial charge in [-0.3, -0.25) is 4.79 Å². The molecule has 5 nitrogen and oxygen atoms in total. The molecule has 0 spiro atoms. The molecule has 2 amide bonds. The minimum Gasteiger partial charge on any atom is -0.481 e. The van der Waals surface area contributed by atoms with E-state index in [-0.39, 0.29) is 12.5 Å². The lowest BCUT2D eigenvalue weighted by molar-refractivity contribution is -0.137. The Morgan fingerprint density at radius 1 is 1.27 bits per heavy atom. The Labute approximate surface area is 97.1 Å². The van der Waals surface area contributed by atoms with Gasteiger partial charge in [0.25, 0.3) is 0 Å². The number of carbonyl (C=O) groups is 2. The van der Waals surface area contributed by atoms with Crippen molar-refractivity contribution in [1.29, 1.82) is 0 Å². The van der Waals surface area contributed by atoms with Gasteiger partial charge in [0.2, 0.25) is 0 Å². The van der Waals surface area contributed by atoms with Crippen LogP contribution in [0.25, 0.3) is 0 Å². The van der Waals surface area contributed by atoms with Crippen molar-refractivity contribution in [2.24, 2.45) is 0 Å². The fourth-order valence-electron chi connectivity index (χ4n) is 0.842. The predicted octanol–water partition coefficient (Wildman–Crippen LogP) is 1.45. The predicted molar refractivity (Wildman–Crippen MR) is 61.0 cm³/mol. The van der Waals surface area contributed by atoms with Gasteiger partial charge in [0.1, 0.15) is 0 Å². The first-order valence-electron chi connectivity index (χ1n) is 4.59. The van der Waals surface area contributed by atoms with Gasteiger partial charge < -0.3 is 15.7 Å². The molecule has 3 N–H and O–H groups in total. The van der Waals surface area contributed by atoms with Gasteiger partial charge in [-0.15, -0.1) is 0 Å². The number of hydrogen-bond acceptors (Lipinski definition) is 2. The van der Waals surface area contributed by atoms with E-state index >= 15 is 0 Å². The quantitative estimate of drug-likeness (QED) is 0.617. The average Bonchev–Trinajstić information content (AvgIpc) is 2.13. The molecule has 0 heterocycles. The molecule has 0 atom stereocenters. The van der Waals surface area contributed by atoms with Gasteiger partial charge in [-0.25, -0.2) is 4.79 Å². The summed E-state index contributed by atoms with van der Waals surface area (Å²) in [5.74, 6) is -0.810. The van der Waals surface area contributed by atoms with Gasteiger partial charge in [-0.05, 0) is 12.8 Å². The summed E-state index contributed by atoms with van der Waals surface area (Å²) in [5.41, 5.74) is 0. The second kappa shape index (κ2) is 8.28. The van der Waals surface area contributed by atoms with Gasteiger partial charge in [-0.1, -0.05) is 22.5 Å². The van der Waals surface area contributed by atoms with E-state index < -0.39 is 5.97 Å². The van der Waals surface area contributed by atoms with Crippen molar-refractivity contribution in [3.05, 3.63) is 11.1 Å².